The van der Waals surface area contributed by atoms with Gasteiger partial charge in [-0.25, -0.2) is 4.39 Å². The van der Waals surface area contributed by atoms with E-state index < -0.39 is 0 Å². The number of fused-ring (bicyclic) bond motifs is 1. The maximum atomic E-state index is 13.9. The van der Waals surface area contributed by atoms with Crippen molar-refractivity contribution >= 4 is 22.5 Å². The molecule has 1 aromatic heterocycles. The summed E-state index contributed by atoms with van der Waals surface area (Å²) in [5.41, 5.74) is 2.73. The van der Waals surface area contributed by atoms with Crippen LogP contribution >= 0.6 is 0 Å². The normalized spacial score (nSPS) is 18.7. The fourth-order valence-electron chi connectivity index (χ4n) is 5.16. The molecule has 0 saturated heterocycles. The van der Waals surface area contributed by atoms with Crippen LogP contribution in [0, 0.1) is 17.7 Å². The molecule has 4 aromatic rings. The van der Waals surface area contributed by atoms with E-state index in [1.807, 2.05) is 73.8 Å². The Labute approximate surface area is 205 Å². The highest BCUT2D eigenvalue weighted by molar-refractivity contribution is 5.92. The van der Waals surface area contributed by atoms with Gasteiger partial charge in [-0.1, -0.05) is 31.2 Å². The number of carbonyl (C=O) groups is 1. The summed E-state index contributed by atoms with van der Waals surface area (Å²) in [6.07, 6.45) is 5.72. The lowest BCUT2D eigenvalue weighted by Crippen LogP contribution is -2.29. The number of pyridine rings is 1. The third kappa shape index (κ3) is 5.35. The number of rotatable bonds is 6. The van der Waals surface area contributed by atoms with E-state index >= 15 is 0 Å². The van der Waals surface area contributed by atoms with E-state index in [9.17, 15) is 9.18 Å². The minimum absolute atomic E-state index is 0.0294. The number of para-hydroxylation sites is 1. The van der Waals surface area contributed by atoms with E-state index in [0.29, 0.717) is 17.6 Å². The van der Waals surface area contributed by atoms with Crippen molar-refractivity contribution in [2.24, 2.45) is 11.8 Å². The lowest BCUT2D eigenvalue weighted by Gasteiger charge is -2.32. The summed E-state index contributed by atoms with van der Waals surface area (Å²) in [6.45, 7) is 2.02. The van der Waals surface area contributed by atoms with Gasteiger partial charge in [0.25, 0.3) is 0 Å². The van der Waals surface area contributed by atoms with E-state index in [1.54, 1.807) is 12.1 Å². The summed E-state index contributed by atoms with van der Waals surface area (Å²) in [6, 6.07) is 23.9. The van der Waals surface area contributed by atoms with Crippen molar-refractivity contribution in [2.75, 3.05) is 5.32 Å². The van der Waals surface area contributed by atoms with E-state index in [2.05, 4.69) is 10.3 Å². The summed E-state index contributed by atoms with van der Waals surface area (Å²) in [5, 5.41) is 3.97. The van der Waals surface area contributed by atoms with Crippen molar-refractivity contribution in [3.05, 3.63) is 96.4 Å². The highest BCUT2D eigenvalue weighted by atomic mass is 19.1. The Bertz CT molecular complexity index is 1320. The topological polar surface area (TPSA) is 51.2 Å². The van der Waals surface area contributed by atoms with Gasteiger partial charge >= 0.3 is 0 Å². The molecule has 1 saturated carbocycles. The Morgan fingerprint density at radius 3 is 2.51 bits per heavy atom. The third-order valence-electron chi connectivity index (χ3n) is 7.15. The second-order valence-corrected chi connectivity index (χ2v) is 9.39. The lowest BCUT2D eigenvalue weighted by molar-refractivity contribution is -0.121. The molecule has 0 aliphatic heterocycles. The van der Waals surface area contributed by atoms with Gasteiger partial charge in [-0.05, 0) is 91.6 Å². The predicted octanol–water partition coefficient (Wildman–Crippen LogP) is 7.71. The Hall–Kier alpha value is -3.73. The van der Waals surface area contributed by atoms with E-state index in [1.165, 1.54) is 11.6 Å². The molecular weight excluding hydrogens is 439 g/mol. The average Bonchev–Trinajstić information content (AvgIpc) is 2.89. The molecule has 178 valence electrons. The molecule has 1 aliphatic rings. The molecule has 5 heteroatoms. The third-order valence-corrected chi connectivity index (χ3v) is 7.15. The number of carbonyl (C=O) groups excluding carboxylic acids is 1. The molecule has 3 aromatic carbocycles. The first-order valence-electron chi connectivity index (χ1n) is 12.2. The zero-order chi connectivity index (χ0) is 24.2. The summed E-state index contributed by atoms with van der Waals surface area (Å²) in [5.74, 6) is 1.82. The highest BCUT2D eigenvalue weighted by Gasteiger charge is 2.30. The van der Waals surface area contributed by atoms with E-state index in [0.717, 1.165) is 48.0 Å². The molecule has 0 spiro atoms. The Morgan fingerprint density at radius 1 is 0.943 bits per heavy atom. The Balaban J connectivity index is 1.20. The number of amides is 1. The number of hydrogen-bond donors (Lipinski definition) is 1. The fourth-order valence-corrected chi connectivity index (χ4v) is 5.16. The van der Waals surface area contributed by atoms with Crippen LogP contribution in [0.25, 0.3) is 10.9 Å². The molecule has 0 radical (unpaired) electrons. The summed E-state index contributed by atoms with van der Waals surface area (Å²) >= 11 is 0. The minimum Gasteiger partial charge on any atom is -0.457 e. The first kappa shape index (κ1) is 23.0. The maximum absolute atomic E-state index is 13.9. The molecule has 1 aliphatic carbocycles. The maximum Gasteiger partial charge on any atom is 0.227 e. The summed E-state index contributed by atoms with van der Waals surface area (Å²) in [4.78, 5) is 17.4. The standard InChI is InChI=1S/C30H29FN2O2/c1-20(30(34)33-24-6-5-9-26(19-24)35-25-7-3-2-4-8-25)21-10-12-22(13-11-21)27-16-17-32-29-15-14-23(31)18-28(27)29/h2-9,14-22H,10-13H2,1H3,(H,33,34)/t20-,21-,22+/m1/s1. The van der Waals surface area contributed by atoms with E-state index in [-0.39, 0.29) is 17.6 Å². The molecule has 4 nitrogen and oxygen atoms in total. The van der Waals surface area contributed by atoms with E-state index in [4.69, 9.17) is 4.74 Å². The van der Waals surface area contributed by atoms with Crippen LogP contribution in [0.15, 0.2) is 85.1 Å². The highest BCUT2D eigenvalue weighted by Crippen LogP contribution is 2.41. The first-order chi connectivity index (χ1) is 17.1. The number of benzene rings is 3. The van der Waals surface area contributed by atoms with Crippen molar-refractivity contribution in [3.63, 3.8) is 0 Å². The zero-order valence-corrected chi connectivity index (χ0v) is 19.8. The van der Waals surface area contributed by atoms with Crippen LogP contribution < -0.4 is 10.1 Å². The van der Waals surface area contributed by atoms with Gasteiger partial charge in [-0.3, -0.25) is 9.78 Å². The Kier molecular flexibility index (Phi) is 6.75. The lowest BCUT2D eigenvalue weighted by atomic mass is 9.73. The van der Waals surface area contributed by atoms with Gasteiger partial charge < -0.3 is 10.1 Å². The van der Waals surface area contributed by atoms with Crippen LogP contribution in [-0.2, 0) is 4.79 Å². The molecule has 5 rings (SSSR count). The molecule has 35 heavy (non-hydrogen) atoms. The van der Waals surface area contributed by atoms with Crippen LogP contribution in [0.4, 0.5) is 10.1 Å². The number of hydrogen-bond acceptors (Lipinski definition) is 3. The van der Waals surface area contributed by atoms with Gasteiger partial charge in [0.05, 0.1) is 5.52 Å². The molecular formula is C30H29FN2O2. The molecule has 1 heterocycles. The van der Waals surface area contributed by atoms with Crippen molar-refractivity contribution in [2.45, 2.75) is 38.5 Å². The van der Waals surface area contributed by atoms with Crippen LogP contribution in [0.1, 0.15) is 44.1 Å². The number of nitrogens with one attached hydrogen (secondary N) is 1. The van der Waals surface area contributed by atoms with Crippen molar-refractivity contribution in [3.8, 4) is 11.5 Å². The quantitative estimate of drug-likeness (QED) is 0.315. The summed E-state index contributed by atoms with van der Waals surface area (Å²) < 4.78 is 19.8. The smallest absolute Gasteiger partial charge is 0.227 e. The number of halogens is 1. The molecule has 1 amide bonds. The van der Waals surface area contributed by atoms with Gasteiger partial charge in [-0.15, -0.1) is 0 Å². The number of nitrogens with zero attached hydrogens (tertiary/aromatic N) is 1. The van der Waals surface area contributed by atoms with Crippen LogP contribution in [0.2, 0.25) is 0 Å². The van der Waals surface area contributed by atoms with Gasteiger partial charge in [0.15, 0.2) is 0 Å². The van der Waals surface area contributed by atoms with Crippen LogP contribution in [-0.4, -0.2) is 10.9 Å². The number of aromatic nitrogens is 1. The molecule has 1 N–H and O–H groups in total. The van der Waals surface area contributed by atoms with Crippen LogP contribution in [0.3, 0.4) is 0 Å². The second-order valence-electron chi connectivity index (χ2n) is 9.39. The molecule has 0 bridgehead atoms. The Morgan fingerprint density at radius 2 is 1.71 bits per heavy atom. The van der Waals surface area contributed by atoms with Gasteiger partial charge in [0, 0.05) is 29.3 Å². The van der Waals surface area contributed by atoms with Gasteiger partial charge in [0.2, 0.25) is 5.91 Å². The van der Waals surface area contributed by atoms with Crippen molar-refractivity contribution in [1.29, 1.82) is 0 Å². The zero-order valence-electron chi connectivity index (χ0n) is 19.8. The first-order valence-corrected chi connectivity index (χ1v) is 12.2. The van der Waals surface area contributed by atoms with Gasteiger partial charge in [-0.2, -0.15) is 0 Å². The van der Waals surface area contributed by atoms with Crippen molar-refractivity contribution < 1.29 is 13.9 Å². The molecule has 1 fully saturated rings. The second kappa shape index (κ2) is 10.3. The largest absolute Gasteiger partial charge is 0.457 e. The molecule has 0 unspecified atom stereocenters. The van der Waals surface area contributed by atoms with Crippen LogP contribution in [0.5, 0.6) is 11.5 Å². The van der Waals surface area contributed by atoms with Gasteiger partial charge in [0.1, 0.15) is 17.3 Å². The average molecular weight is 469 g/mol. The summed E-state index contributed by atoms with van der Waals surface area (Å²) in [7, 11) is 0. The molecule has 1 atom stereocenters. The minimum atomic E-state index is -0.232. The fraction of sp³-hybridized carbons (Fsp3) is 0.267. The number of anilines is 1. The van der Waals surface area contributed by atoms with Crippen molar-refractivity contribution in [1.82, 2.24) is 4.98 Å². The monoisotopic (exact) mass is 468 g/mol. The predicted molar refractivity (Wildman–Crippen MR) is 137 cm³/mol. The SMILES string of the molecule is C[C@@H](C(=O)Nc1cccc(Oc2ccccc2)c1)[C@H]1CC[C@@H](c2ccnc3ccc(F)cc32)CC1. The number of ether oxygens (including phenoxy) is 1.